The fraction of sp³-hybridized carbons (Fsp3) is 0.316. The first-order chi connectivity index (χ1) is 11.1. The molecule has 0 spiro atoms. The van der Waals surface area contributed by atoms with Gasteiger partial charge in [0, 0.05) is 12.1 Å². The number of ether oxygens (including phenoxy) is 2. The average molecular weight is 312 g/mol. The Hall–Kier alpha value is -2.49. The number of benzene rings is 2. The maximum atomic E-state index is 12.6. The van der Waals surface area contributed by atoms with Crippen molar-refractivity contribution in [2.75, 3.05) is 6.61 Å². The van der Waals surface area contributed by atoms with Crippen LogP contribution in [0.4, 0.5) is 0 Å². The van der Waals surface area contributed by atoms with Crippen molar-refractivity contribution in [2.24, 2.45) is 0 Å². The van der Waals surface area contributed by atoms with Crippen LogP contribution in [0, 0.1) is 0 Å². The van der Waals surface area contributed by atoms with Crippen LogP contribution in [0.3, 0.4) is 0 Å². The van der Waals surface area contributed by atoms with Gasteiger partial charge < -0.3 is 13.9 Å². The smallest absolute Gasteiger partial charge is 0.200 e. The molecule has 0 N–H and O–H groups in total. The Kier molecular flexibility index (Phi) is 4.24. The second-order valence-corrected chi connectivity index (χ2v) is 5.76. The highest BCUT2D eigenvalue weighted by molar-refractivity contribution is 5.90. The van der Waals surface area contributed by atoms with Crippen molar-refractivity contribution in [1.29, 1.82) is 0 Å². The molecule has 3 rings (SSSR count). The van der Waals surface area contributed by atoms with Crippen molar-refractivity contribution in [3.8, 4) is 11.5 Å². The Morgan fingerprint density at radius 1 is 1.00 bits per heavy atom. The van der Waals surface area contributed by atoms with Gasteiger partial charge in [0.25, 0.3) is 0 Å². The van der Waals surface area contributed by atoms with Gasteiger partial charge in [-0.05, 0) is 44.5 Å². The van der Waals surface area contributed by atoms with Gasteiger partial charge in [-0.2, -0.15) is 0 Å². The Morgan fingerprint density at radius 2 is 1.61 bits per heavy atom. The van der Waals surface area contributed by atoms with Gasteiger partial charge in [-0.3, -0.25) is 4.79 Å². The van der Waals surface area contributed by atoms with E-state index in [9.17, 15) is 4.79 Å². The van der Waals surface area contributed by atoms with Crippen LogP contribution in [0.5, 0.6) is 11.5 Å². The molecule has 0 unspecified atom stereocenters. The first-order valence-electron chi connectivity index (χ1n) is 7.88. The molecular weight excluding hydrogens is 292 g/mol. The highest BCUT2D eigenvalue weighted by atomic mass is 16.5. The molecule has 120 valence electrons. The van der Waals surface area contributed by atoms with Gasteiger partial charge in [0.15, 0.2) is 0 Å². The van der Waals surface area contributed by atoms with Crippen LogP contribution >= 0.6 is 0 Å². The molecule has 4 nitrogen and oxygen atoms in total. The molecule has 1 heterocycles. The molecule has 0 aliphatic rings. The average Bonchev–Trinajstić information content (AvgIpc) is 2.52. The van der Waals surface area contributed by atoms with E-state index in [0.29, 0.717) is 40.0 Å². The van der Waals surface area contributed by atoms with Crippen molar-refractivity contribution in [1.82, 2.24) is 0 Å². The molecule has 0 atom stereocenters. The monoisotopic (exact) mass is 312 g/mol. The lowest BCUT2D eigenvalue weighted by Crippen LogP contribution is -2.06. The summed E-state index contributed by atoms with van der Waals surface area (Å²) in [7, 11) is 0. The molecule has 23 heavy (non-hydrogen) atoms. The summed E-state index contributed by atoms with van der Waals surface area (Å²) < 4.78 is 17.2. The van der Waals surface area contributed by atoms with E-state index < -0.39 is 0 Å². The molecule has 0 fully saturated rings. The van der Waals surface area contributed by atoms with Crippen LogP contribution in [-0.4, -0.2) is 12.7 Å². The zero-order valence-corrected chi connectivity index (χ0v) is 13.6. The zero-order valence-electron chi connectivity index (χ0n) is 13.6. The molecule has 0 aliphatic heterocycles. The zero-order chi connectivity index (χ0) is 16.4. The minimum absolute atomic E-state index is 0.0422. The molecule has 4 heteroatoms. The van der Waals surface area contributed by atoms with Crippen molar-refractivity contribution in [3.05, 3.63) is 46.6 Å². The first-order valence-corrected chi connectivity index (χ1v) is 7.88. The number of rotatable bonds is 5. The van der Waals surface area contributed by atoms with Crippen LogP contribution in [0.1, 0.15) is 27.2 Å². The number of fused-ring (bicyclic) bond motifs is 2. The van der Waals surface area contributed by atoms with Crippen LogP contribution in [0.25, 0.3) is 21.9 Å². The third-order valence-corrected chi connectivity index (χ3v) is 3.46. The molecule has 0 amide bonds. The summed E-state index contributed by atoms with van der Waals surface area (Å²) in [5.74, 6) is 1.39. The topological polar surface area (TPSA) is 48.7 Å². The third-order valence-electron chi connectivity index (χ3n) is 3.46. The molecule has 0 radical (unpaired) electrons. The highest BCUT2D eigenvalue weighted by Gasteiger charge is 2.10. The van der Waals surface area contributed by atoms with E-state index in [4.69, 9.17) is 13.9 Å². The van der Waals surface area contributed by atoms with Crippen LogP contribution in [0.2, 0.25) is 0 Å². The normalized spacial score (nSPS) is 11.3. The second-order valence-electron chi connectivity index (χ2n) is 5.76. The van der Waals surface area contributed by atoms with Gasteiger partial charge in [-0.25, -0.2) is 0 Å². The van der Waals surface area contributed by atoms with Crippen LogP contribution < -0.4 is 14.9 Å². The summed E-state index contributed by atoms with van der Waals surface area (Å²) >= 11 is 0. The summed E-state index contributed by atoms with van der Waals surface area (Å²) in [5.41, 5.74) is 1.01. The molecular formula is C19H20O4. The fourth-order valence-electron chi connectivity index (χ4n) is 2.47. The van der Waals surface area contributed by atoms with Gasteiger partial charge in [0.1, 0.15) is 22.7 Å². The largest absolute Gasteiger partial charge is 0.493 e. The predicted octanol–water partition coefficient (Wildman–Crippen LogP) is 4.52. The van der Waals surface area contributed by atoms with E-state index in [1.165, 1.54) is 0 Å². The summed E-state index contributed by atoms with van der Waals surface area (Å²) in [4.78, 5) is 12.6. The van der Waals surface area contributed by atoms with Crippen molar-refractivity contribution in [3.63, 3.8) is 0 Å². The standard InChI is InChI=1S/C19H20O4/c1-4-9-21-13-5-7-15-17(10-13)23-18-11-14(22-12(2)3)6-8-16(18)19(15)20/h5-8,10-12H,4,9H2,1-3H3. The predicted molar refractivity (Wildman–Crippen MR) is 91.5 cm³/mol. The minimum Gasteiger partial charge on any atom is -0.493 e. The molecule has 3 aromatic rings. The highest BCUT2D eigenvalue weighted by Crippen LogP contribution is 2.26. The van der Waals surface area contributed by atoms with Gasteiger partial charge >= 0.3 is 0 Å². The van der Waals surface area contributed by atoms with E-state index in [1.807, 2.05) is 20.8 Å². The van der Waals surface area contributed by atoms with E-state index in [2.05, 4.69) is 0 Å². The Morgan fingerprint density at radius 3 is 2.22 bits per heavy atom. The molecule has 0 bridgehead atoms. The lowest BCUT2D eigenvalue weighted by atomic mass is 10.1. The van der Waals surface area contributed by atoms with E-state index in [-0.39, 0.29) is 11.5 Å². The van der Waals surface area contributed by atoms with E-state index in [0.717, 1.165) is 6.42 Å². The van der Waals surface area contributed by atoms with Crippen molar-refractivity contribution < 1.29 is 13.9 Å². The molecule has 1 aromatic heterocycles. The number of hydrogen-bond donors (Lipinski definition) is 0. The Balaban J connectivity index is 2.13. The molecule has 0 saturated heterocycles. The summed E-state index contributed by atoms with van der Waals surface area (Å²) in [6, 6.07) is 10.6. The third kappa shape index (κ3) is 3.16. The summed E-state index contributed by atoms with van der Waals surface area (Å²) in [5, 5.41) is 1.11. The van der Waals surface area contributed by atoms with E-state index in [1.54, 1.807) is 36.4 Å². The molecule has 0 saturated carbocycles. The molecule has 0 aliphatic carbocycles. The number of hydrogen-bond acceptors (Lipinski definition) is 4. The second kappa shape index (κ2) is 6.32. The fourth-order valence-corrected chi connectivity index (χ4v) is 2.47. The lowest BCUT2D eigenvalue weighted by Gasteiger charge is -2.10. The van der Waals surface area contributed by atoms with Crippen LogP contribution in [0.15, 0.2) is 45.6 Å². The first kappa shape index (κ1) is 15.4. The minimum atomic E-state index is -0.0422. The quantitative estimate of drug-likeness (QED) is 0.650. The summed E-state index contributed by atoms with van der Waals surface area (Å²) in [6.07, 6.45) is 0.990. The van der Waals surface area contributed by atoms with Crippen molar-refractivity contribution in [2.45, 2.75) is 33.3 Å². The van der Waals surface area contributed by atoms with Gasteiger partial charge in [0.2, 0.25) is 5.43 Å². The van der Waals surface area contributed by atoms with Gasteiger partial charge in [-0.1, -0.05) is 6.92 Å². The SMILES string of the molecule is CCCOc1ccc2c(=O)c3ccc(OC(C)C)cc3oc2c1. The maximum Gasteiger partial charge on any atom is 0.200 e. The Bertz CT molecular complexity index is 893. The van der Waals surface area contributed by atoms with Gasteiger partial charge in [-0.15, -0.1) is 0 Å². The Labute approximate surface area is 134 Å². The van der Waals surface area contributed by atoms with Crippen molar-refractivity contribution >= 4 is 21.9 Å². The lowest BCUT2D eigenvalue weighted by molar-refractivity contribution is 0.242. The van der Waals surface area contributed by atoms with E-state index >= 15 is 0 Å². The van der Waals surface area contributed by atoms with Crippen LogP contribution in [-0.2, 0) is 0 Å². The van der Waals surface area contributed by atoms with Gasteiger partial charge in [0.05, 0.1) is 23.5 Å². The maximum absolute atomic E-state index is 12.6. The summed E-state index contributed by atoms with van der Waals surface area (Å²) in [6.45, 7) is 6.59. The molecule has 2 aromatic carbocycles.